The van der Waals surface area contributed by atoms with Crippen molar-refractivity contribution in [2.24, 2.45) is 5.92 Å². The summed E-state index contributed by atoms with van der Waals surface area (Å²) < 4.78 is 0. The second-order valence-electron chi connectivity index (χ2n) is 2.92. The molecule has 0 aromatic carbocycles. The first-order chi connectivity index (χ1) is 4.81. The van der Waals surface area contributed by atoms with Crippen LogP contribution in [0.15, 0.2) is 0 Å². The highest BCUT2D eigenvalue weighted by Crippen LogP contribution is 2.11. The van der Waals surface area contributed by atoms with Gasteiger partial charge in [0.05, 0.1) is 6.07 Å². The van der Waals surface area contributed by atoms with E-state index in [0.717, 1.165) is 18.8 Å². The molecular weight excluding hydrogens is 122 g/mol. The van der Waals surface area contributed by atoms with Crippen molar-refractivity contribution in [2.75, 3.05) is 0 Å². The second-order valence-corrected chi connectivity index (χ2v) is 2.92. The number of unbranched alkanes of at least 4 members (excludes halogenated alkanes) is 2. The van der Waals surface area contributed by atoms with Gasteiger partial charge in [0.1, 0.15) is 0 Å². The largest absolute Gasteiger partial charge is 0.198 e. The highest BCUT2D eigenvalue weighted by molar-refractivity contribution is 4.68. The van der Waals surface area contributed by atoms with Crippen LogP contribution in [0.25, 0.3) is 0 Å². The summed E-state index contributed by atoms with van der Waals surface area (Å²) in [6, 6.07) is 2.16. The second kappa shape index (κ2) is 6.61. The summed E-state index contributed by atoms with van der Waals surface area (Å²) in [6.07, 6.45) is 5.60. The average Bonchev–Trinajstić information content (AvgIpc) is 1.98. The van der Waals surface area contributed by atoms with Gasteiger partial charge in [-0.1, -0.05) is 33.1 Å². The van der Waals surface area contributed by atoms with E-state index in [-0.39, 0.29) is 0 Å². The van der Waals surface area contributed by atoms with Gasteiger partial charge in [-0.05, 0) is 12.3 Å². The highest BCUT2D eigenvalue weighted by Gasteiger charge is 1.96. The maximum Gasteiger partial charge on any atom is 0.0621 e. The summed E-state index contributed by atoms with van der Waals surface area (Å²) in [5, 5.41) is 8.24. The fraction of sp³-hybridized carbons (Fsp3) is 0.889. The monoisotopic (exact) mass is 139 g/mol. The Kier molecular flexibility index (Phi) is 6.27. The number of nitriles is 1. The zero-order valence-corrected chi connectivity index (χ0v) is 7.06. The first-order valence-corrected chi connectivity index (χ1v) is 4.18. The minimum Gasteiger partial charge on any atom is -0.198 e. The first kappa shape index (κ1) is 9.49. The van der Waals surface area contributed by atoms with Crippen molar-refractivity contribution in [1.29, 1.82) is 5.26 Å². The summed E-state index contributed by atoms with van der Waals surface area (Å²) >= 11 is 0. The third kappa shape index (κ3) is 5.62. The molecule has 58 valence electrons. The van der Waals surface area contributed by atoms with Gasteiger partial charge in [-0.3, -0.25) is 0 Å². The molecule has 0 amide bonds. The van der Waals surface area contributed by atoms with Crippen LogP contribution in [0.1, 0.15) is 46.0 Å². The van der Waals surface area contributed by atoms with Crippen LogP contribution in [0.4, 0.5) is 0 Å². The maximum atomic E-state index is 8.24. The van der Waals surface area contributed by atoms with E-state index in [0.29, 0.717) is 0 Å². The molecule has 0 N–H and O–H groups in total. The van der Waals surface area contributed by atoms with Crippen molar-refractivity contribution in [2.45, 2.75) is 46.0 Å². The topological polar surface area (TPSA) is 23.8 Å². The molecule has 1 nitrogen and oxygen atoms in total. The van der Waals surface area contributed by atoms with Crippen LogP contribution in [0.2, 0.25) is 0 Å². The zero-order chi connectivity index (χ0) is 7.82. The molecule has 0 fully saturated rings. The molecule has 0 aromatic rings. The Morgan fingerprint density at radius 3 is 2.60 bits per heavy atom. The smallest absolute Gasteiger partial charge is 0.0621 e. The van der Waals surface area contributed by atoms with Gasteiger partial charge in [-0.15, -0.1) is 0 Å². The van der Waals surface area contributed by atoms with E-state index in [4.69, 9.17) is 5.26 Å². The predicted molar refractivity (Wildman–Crippen MR) is 43.5 cm³/mol. The molecule has 0 aliphatic heterocycles. The molecule has 1 atom stereocenters. The van der Waals surface area contributed by atoms with Gasteiger partial charge < -0.3 is 0 Å². The Bertz CT molecular complexity index is 102. The molecular formula is C9H17N. The van der Waals surface area contributed by atoms with Crippen molar-refractivity contribution in [1.82, 2.24) is 0 Å². The van der Waals surface area contributed by atoms with Gasteiger partial charge in [0, 0.05) is 6.42 Å². The molecule has 0 heterocycles. The SMILES string of the molecule is CC[C@@H](C)CCCCC#N. The molecule has 0 saturated carbocycles. The van der Waals surface area contributed by atoms with E-state index in [1.54, 1.807) is 0 Å². The molecule has 0 radical (unpaired) electrons. The third-order valence-electron chi connectivity index (χ3n) is 1.93. The Morgan fingerprint density at radius 2 is 2.10 bits per heavy atom. The predicted octanol–water partition coefficient (Wildman–Crippen LogP) is 3.12. The summed E-state index contributed by atoms with van der Waals surface area (Å²) in [5.41, 5.74) is 0. The molecule has 0 aliphatic carbocycles. The van der Waals surface area contributed by atoms with Crippen molar-refractivity contribution in [3.8, 4) is 6.07 Å². The molecule has 0 aromatic heterocycles. The van der Waals surface area contributed by atoms with E-state index in [1.165, 1.54) is 19.3 Å². The van der Waals surface area contributed by atoms with Gasteiger partial charge in [-0.2, -0.15) is 5.26 Å². The lowest BCUT2D eigenvalue weighted by molar-refractivity contribution is 0.487. The Labute approximate surface area is 64.1 Å². The molecule has 0 aliphatic rings. The minimum atomic E-state index is 0.733. The lowest BCUT2D eigenvalue weighted by Crippen LogP contribution is -1.90. The average molecular weight is 139 g/mol. The molecule has 0 bridgehead atoms. The quantitative estimate of drug-likeness (QED) is 0.537. The summed E-state index contributed by atoms with van der Waals surface area (Å²) in [5.74, 6) is 0.846. The van der Waals surface area contributed by atoms with Gasteiger partial charge in [0.2, 0.25) is 0 Å². The maximum absolute atomic E-state index is 8.24. The lowest BCUT2D eigenvalue weighted by Gasteiger charge is -2.05. The van der Waals surface area contributed by atoms with Crippen LogP contribution in [0.5, 0.6) is 0 Å². The van der Waals surface area contributed by atoms with E-state index in [9.17, 15) is 0 Å². The van der Waals surface area contributed by atoms with Crippen LogP contribution in [0.3, 0.4) is 0 Å². The summed E-state index contributed by atoms with van der Waals surface area (Å²) in [6.45, 7) is 4.49. The normalized spacial score (nSPS) is 12.5. The van der Waals surface area contributed by atoms with Crippen LogP contribution in [-0.4, -0.2) is 0 Å². The van der Waals surface area contributed by atoms with Crippen molar-refractivity contribution < 1.29 is 0 Å². The van der Waals surface area contributed by atoms with Crippen molar-refractivity contribution >= 4 is 0 Å². The highest BCUT2D eigenvalue weighted by atomic mass is 14.2. The molecule has 0 unspecified atom stereocenters. The van der Waals surface area contributed by atoms with Gasteiger partial charge >= 0.3 is 0 Å². The van der Waals surface area contributed by atoms with Crippen LogP contribution in [0, 0.1) is 17.2 Å². The van der Waals surface area contributed by atoms with Crippen molar-refractivity contribution in [3.63, 3.8) is 0 Å². The first-order valence-electron chi connectivity index (χ1n) is 4.18. The summed E-state index contributed by atoms with van der Waals surface area (Å²) in [7, 11) is 0. The number of hydrogen-bond donors (Lipinski definition) is 0. The molecule has 0 spiro atoms. The third-order valence-corrected chi connectivity index (χ3v) is 1.93. The van der Waals surface area contributed by atoms with Crippen LogP contribution < -0.4 is 0 Å². The van der Waals surface area contributed by atoms with Gasteiger partial charge in [0.15, 0.2) is 0 Å². The van der Waals surface area contributed by atoms with E-state index in [1.807, 2.05) is 0 Å². The zero-order valence-electron chi connectivity index (χ0n) is 7.06. The van der Waals surface area contributed by atoms with E-state index < -0.39 is 0 Å². The Hall–Kier alpha value is -0.510. The van der Waals surface area contributed by atoms with Gasteiger partial charge in [-0.25, -0.2) is 0 Å². The van der Waals surface area contributed by atoms with E-state index >= 15 is 0 Å². The van der Waals surface area contributed by atoms with Crippen LogP contribution >= 0.6 is 0 Å². The summed E-state index contributed by atoms with van der Waals surface area (Å²) in [4.78, 5) is 0. The Balaban J connectivity index is 2.98. The number of rotatable bonds is 5. The standard InChI is InChI=1S/C9H17N/c1-3-9(2)7-5-4-6-8-10/h9H,3-7H2,1-2H3/t9-/m1/s1. The number of nitrogens with zero attached hydrogens (tertiary/aromatic N) is 1. The molecule has 0 saturated heterocycles. The Morgan fingerprint density at radius 1 is 1.40 bits per heavy atom. The molecule has 1 heteroatoms. The van der Waals surface area contributed by atoms with E-state index in [2.05, 4.69) is 19.9 Å². The minimum absolute atomic E-state index is 0.733. The fourth-order valence-electron chi connectivity index (χ4n) is 0.901. The molecule has 0 rings (SSSR count). The lowest BCUT2D eigenvalue weighted by atomic mass is 10.0. The van der Waals surface area contributed by atoms with Crippen LogP contribution in [-0.2, 0) is 0 Å². The fourth-order valence-corrected chi connectivity index (χ4v) is 0.901. The van der Waals surface area contributed by atoms with Gasteiger partial charge in [0.25, 0.3) is 0 Å². The molecule has 10 heavy (non-hydrogen) atoms. The number of hydrogen-bond acceptors (Lipinski definition) is 1. The van der Waals surface area contributed by atoms with Crippen molar-refractivity contribution in [3.05, 3.63) is 0 Å².